The third kappa shape index (κ3) is 1.93. The summed E-state index contributed by atoms with van der Waals surface area (Å²) >= 11 is 1.59. The molecule has 0 aliphatic carbocycles. The van der Waals surface area contributed by atoms with Crippen molar-refractivity contribution in [2.75, 3.05) is 11.1 Å². The van der Waals surface area contributed by atoms with Crippen molar-refractivity contribution >= 4 is 32.9 Å². The molecule has 0 aliphatic rings. The van der Waals surface area contributed by atoms with Crippen LogP contribution in [-0.4, -0.2) is 4.98 Å². The Morgan fingerprint density at radius 2 is 2.22 bits per heavy atom. The quantitative estimate of drug-likeness (QED) is 0.708. The van der Waals surface area contributed by atoms with Gasteiger partial charge in [-0.05, 0) is 31.2 Å². The van der Waals surface area contributed by atoms with Crippen LogP contribution in [0.3, 0.4) is 0 Å². The van der Waals surface area contributed by atoms with Crippen molar-refractivity contribution < 1.29 is 4.42 Å². The number of rotatable bonds is 3. The SMILES string of the molecule is Cc1ccc(CNc2ccc3scnc3c2N)o1. The molecule has 92 valence electrons. The number of aryl methyl sites for hydroxylation is 1. The standard InChI is InChI=1S/C13H13N3OS/c1-8-2-3-9(17-8)6-15-10-4-5-11-13(12(10)14)16-7-18-11/h2-5,7,15H,6,14H2,1H3. The predicted molar refractivity (Wildman–Crippen MR) is 74.8 cm³/mol. The molecule has 3 N–H and O–H groups in total. The second kappa shape index (κ2) is 4.34. The molecule has 0 saturated heterocycles. The molecule has 0 bridgehead atoms. The molecular weight excluding hydrogens is 246 g/mol. The van der Waals surface area contributed by atoms with Gasteiger partial charge in [0.05, 0.1) is 28.1 Å². The highest BCUT2D eigenvalue weighted by Crippen LogP contribution is 2.30. The number of nitrogens with two attached hydrogens (primary N) is 1. The molecule has 0 amide bonds. The van der Waals surface area contributed by atoms with Gasteiger partial charge in [0.1, 0.15) is 17.0 Å². The number of fused-ring (bicyclic) bond motifs is 1. The van der Waals surface area contributed by atoms with Crippen LogP contribution in [-0.2, 0) is 6.54 Å². The summed E-state index contributed by atoms with van der Waals surface area (Å²) in [7, 11) is 0. The minimum absolute atomic E-state index is 0.619. The third-order valence-electron chi connectivity index (χ3n) is 2.79. The first-order valence-electron chi connectivity index (χ1n) is 5.65. The molecule has 5 heteroatoms. The predicted octanol–water partition coefficient (Wildman–Crippen LogP) is 3.39. The molecule has 0 spiro atoms. The summed E-state index contributed by atoms with van der Waals surface area (Å²) in [6.07, 6.45) is 0. The first-order chi connectivity index (χ1) is 8.74. The largest absolute Gasteiger partial charge is 0.465 e. The Morgan fingerprint density at radius 1 is 1.33 bits per heavy atom. The van der Waals surface area contributed by atoms with Crippen LogP contribution in [0.5, 0.6) is 0 Å². The minimum Gasteiger partial charge on any atom is -0.465 e. The number of hydrogen-bond donors (Lipinski definition) is 2. The maximum Gasteiger partial charge on any atom is 0.123 e. The van der Waals surface area contributed by atoms with Gasteiger partial charge in [-0.1, -0.05) is 0 Å². The van der Waals surface area contributed by atoms with Crippen molar-refractivity contribution in [1.82, 2.24) is 4.98 Å². The van der Waals surface area contributed by atoms with Crippen molar-refractivity contribution in [3.63, 3.8) is 0 Å². The fraction of sp³-hybridized carbons (Fsp3) is 0.154. The van der Waals surface area contributed by atoms with Crippen LogP contribution in [0.15, 0.2) is 34.2 Å². The van der Waals surface area contributed by atoms with E-state index in [9.17, 15) is 0 Å². The van der Waals surface area contributed by atoms with Crippen LogP contribution in [0, 0.1) is 6.92 Å². The summed E-state index contributed by atoms with van der Waals surface area (Å²) in [5, 5.41) is 3.27. The van der Waals surface area contributed by atoms with Crippen molar-refractivity contribution in [3.8, 4) is 0 Å². The van der Waals surface area contributed by atoms with Gasteiger partial charge in [0.25, 0.3) is 0 Å². The van der Waals surface area contributed by atoms with Crippen LogP contribution in [0.1, 0.15) is 11.5 Å². The second-order valence-electron chi connectivity index (χ2n) is 4.09. The van der Waals surface area contributed by atoms with Crippen molar-refractivity contribution in [2.24, 2.45) is 0 Å². The number of nitrogens with zero attached hydrogens (tertiary/aromatic N) is 1. The molecule has 3 aromatic rings. The number of hydrogen-bond acceptors (Lipinski definition) is 5. The monoisotopic (exact) mass is 259 g/mol. The Balaban J connectivity index is 1.84. The molecule has 2 aromatic heterocycles. The fourth-order valence-electron chi connectivity index (χ4n) is 1.87. The molecule has 2 heterocycles. The Kier molecular flexibility index (Phi) is 2.68. The van der Waals surface area contributed by atoms with E-state index in [1.165, 1.54) is 0 Å². The van der Waals surface area contributed by atoms with Crippen molar-refractivity contribution in [3.05, 3.63) is 41.3 Å². The van der Waals surface area contributed by atoms with E-state index in [4.69, 9.17) is 10.2 Å². The molecular formula is C13H13N3OS. The molecule has 4 nitrogen and oxygen atoms in total. The molecule has 0 fully saturated rings. The highest BCUT2D eigenvalue weighted by Gasteiger charge is 2.07. The number of thiazole rings is 1. The number of aromatic nitrogens is 1. The Bertz CT molecular complexity index is 686. The first kappa shape index (κ1) is 11.1. The first-order valence-corrected chi connectivity index (χ1v) is 6.53. The summed E-state index contributed by atoms with van der Waals surface area (Å²) in [6, 6.07) is 7.91. The van der Waals surface area contributed by atoms with E-state index in [2.05, 4.69) is 10.3 Å². The zero-order chi connectivity index (χ0) is 12.5. The highest BCUT2D eigenvalue weighted by molar-refractivity contribution is 7.16. The number of furan rings is 1. The Labute approximate surface area is 108 Å². The maximum atomic E-state index is 6.08. The summed E-state index contributed by atoms with van der Waals surface area (Å²) in [5.74, 6) is 1.81. The number of nitrogens with one attached hydrogen (secondary N) is 1. The van der Waals surface area contributed by atoms with E-state index >= 15 is 0 Å². The van der Waals surface area contributed by atoms with Gasteiger partial charge in [0.15, 0.2) is 0 Å². The summed E-state index contributed by atoms with van der Waals surface area (Å²) < 4.78 is 6.60. The van der Waals surface area contributed by atoms with Gasteiger partial charge in [0, 0.05) is 0 Å². The summed E-state index contributed by atoms with van der Waals surface area (Å²) in [6.45, 7) is 2.55. The Morgan fingerprint density at radius 3 is 3.00 bits per heavy atom. The van der Waals surface area contributed by atoms with E-state index in [1.807, 2.05) is 31.2 Å². The van der Waals surface area contributed by atoms with Crippen LogP contribution >= 0.6 is 11.3 Å². The molecule has 1 aromatic carbocycles. The molecule has 0 radical (unpaired) electrons. The van der Waals surface area contributed by atoms with Crippen molar-refractivity contribution in [2.45, 2.75) is 13.5 Å². The van der Waals surface area contributed by atoms with Crippen molar-refractivity contribution in [1.29, 1.82) is 0 Å². The van der Waals surface area contributed by atoms with Gasteiger partial charge in [-0.3, -0.25) is 0 Å². The lowest BCUT2D eigenvalue weighted by atomic mass is 10.2. The smallest absolute Gasteiger partial charge is 0.123 e. The highest BCUT2D eigenvalue weighted by atomic mass is 32.1. The van der Waals surface area contributed by atoms with Crippen LogP contribution in [0.4, 0.5) is 11.4 Å². The lowest BCUT2D eigenvalue weighted by molar-refractivity contribution is 0.490. The topological polar surface area (TPSA) is 64.1 Å². The van der Waals surface area contributed by atoms with E-state index in [1.54, 1.807) is 16.8 Å². The van der Waals surface area contributed by atoms with Gasteiger partial charge in [-0.2, -0.15) is 0 Å². The molecule has 0 aliphatic heterocycles. The lowest BCUT2D eigenvalue weighted by Crippen LogP contribution is -2.02. The van der Waals surface area contributed by atoms with Gasteiger partial charge in [-0.25, -0.2) is 4.98 Å². The number of anilines is 2. The van der Waals surface area contributed by atoms with E-state index in [0.29, 0.717) is 12.2 Å². The maximum absolute atomic E-state index is 6.08. The van der Waals surface area contributed by atoms with Gasteiger partial charge < -0.3 is 15.5 Å². The fourth-order valence-corrected chi connectivity index (χ4v) is 2.56. The van der Waals surface area contributed by atoms with E-state index in [0.717, 1.165) is 27.4 Å². The van der Waals surface area contributed by atoms with E-state index in [-0.39, 0.29) is 0 Å². The molecule has 3 rings (SSSR count). The molecule has 0 unspecified atom stereocenters. The average Bonchev–Trinajstić information content (AvgIpc) is 2.97. The molecule has 18 heavy (non-hydrogen) atoms. The van der Waals surface area contributed by atoms with E-state index < -0.39 is 0 Å². The zero-order valence-corrected chi connectivity index (χ0v) is 10.8. The average molecular weight is 259 g/mol. The molecule has 0 atom stereocenters. The lowest BCUT2D eigenvalue weighted by Gasteiger charge is -2.08. The second-order valence-corrected chi connectivity index (χ2v) is 4.98. The summed E-state index contributed by atoms with van der Waals surface area (Å²) in [4.78, 5) is 4.27. The van der Waals surface area contributed by atoms with Gasteiger partial charge in [-0.15, -0.1) is 11.3 Å². The number of nitrogen functional groups attached to an aromatic ring is 1. The van der Waals surface area contributed by atoms with Crippen LogP contribution in [0.2, 0.25) is 0 Å². The van der Waals surface area contributed by atoms with Crippen LogP contribution < -0.4 is 11.1 Å². The number of benzene rings is 1. The Hall–Kier alpha value is -2.01. The third-order valence-corrected chi connectivity index (χ3v) is 3.58. The normalized spacial score (nSPS) is 10.9. The van der Waals surface area contributed by atoms with Gasteiger partial charge >= 0.3 is 0 Å². The van der Waals surface area contributed by atoms with Gasteiger partial charge in [0.2, 0.25) is 0 Å². The van der Waals surface area contributed by atoms with Crippen LogP contribution in [0.25, 0.3) is 10.2 Å². The minimum atomic E-state index is 0.619. The molecule has 0 saturated carbocycles. The zero-order valence-electron chi connectivity index (χ0n) is 9.93. The summed E-state index contributed by atoms with van der Waals surface area (Å²) in [5.41, 5.74) is 10.3.